The van der Waals surface area contributed by atoms with Crippen molar-refractivity contribution < 1.29 is 9.47 Å². The molecule has 0 saturated carbocycles. The van der Waals surface area contributed by atoms with Crippen LogP contribution in [0.5, 0.6) is 11.5 Å². The van der Waals surface area contributed by atoms with Crippen molar-refractivity contribution in [3.05, 3.63) is 18.2 Å². The Hall–Kier alpha value is -1.46. The van der Waals surface area contributed by atoms with Gasteiger partial charge < -0.3 is 19.7 Å². The van der Waals surface area contributed by atoms with Gasteiger partial charge in [-0.25, -0.2) is 0 Å². The molecule has 5 nitrogen and oxygen atoms in total. The standard InChI is InChI=1S/C15H25N3O2/c1-17-8-10-18(11-9-17)7-6-16-14-5-4-13(19-2)12-15(14)20-3/h4-5,12,16H,6-11H2,1-3H3. The number of likely N-dealkylation sites (N-methyl/N-ethyl adjacent to an activating group) is 1. The first-order valence-corrected chi connectivity index (χ1v) is 7.09. The molecule has 1 saturated heterocycles. The van der Waals surface area contributed by atoms with Gasteiger partial charge in [-0.2, -0.15) is 0 Å². The van der Waals surface area contributed by atoms with E-state index in [9.17, 15) is 0 Å². The molecule has 0 bridgehead atoms. The summed E-state index contributed by atoms with van der Waals surface area (Å²) < 4.78 is 10.6. The lowest BCUT2D eigenvalue weighted by atomic mass is 10.2. The molecule has 0 amide bonds. The van der Waals surface area contributed by atoms with E-state index in [4.69, 9.17) is 9.47 Å². The molecule has 1 aromatic rings. The van der Waals surface area contributed by atoms with Crippen LogP contribution in [-0.4, -0.2) is 70.3 Å². The number of anilines is 1. The smallest absolute Gasteiger partial charge is 0.145 e. The van der Waals surface area contributed by atoms with Crippen molar-refractivity contribution in [3.63, 3.8) is 0 Å². The van der Waals surface area contributed by atoms with Gasteiger partial charge in [-0.3, -0.25) is 4.90 Å². The predicted molar refractivity (Wildman–Crippen MR) is 82.0 cm³/mol. The highest BCUT2D eigenvalue weighted by Gasteiger charge is 2.13. The van der Waals surface area contributed by atoms with Gasteiger partial charge in [-0.05, 0) is 19.2 Å². The van der Waals surface area contributed by atoms with Crippen LogP contribution in [0.1, 0.15) is 0 Å². The van der Waals surface area contributed by atoms with Crippen LogP contribution < -0.4 is 14.8 Å². The maximum atomic E-state index is 5.38. The minimum Gasteiger partial charge on any atom is -0.497 e. The zero-order valence-corrected chi connectivity index (χ0v) is 12.7. The van der Waals surface area contributed by atoms with Crippen LogP contribution in [0.15, 0.2) is 18.2 Å². The Morgan fingerprint density at radius 1 is 1.10 bits per heavy atom. The van der Waals surface area contributed by atoms with Crippen molar-refractivity contribution in [3.8, 4) is 11.5 Å². The number of nitrogens with one attached hydrogen (secondary N) is 1. The monoisotopic (exact) mass is 279 g/mol. The molecule has 0 radical (unpaired) electrons. The van der Waals surface area contributed by atoms with Crippen LogP contribution in [0.3, 0.4) is 0 Å². The highest BCUT2D eigenvalue weighted by atomic mass is 16.5. The number of benzene rings is 1. The zero-order valence-electron chi connectivity index (χ0n) is 12.7. The Balaban J connectivity index is 1.81. The molecule has 20 heavy (non-hydrogen) atoms. The van der Waals surface area contributed by atoms with Gasteiger partial charge >= 0.3 is 0 Å². The van der Waals surface area contributed by atoms with Crippen molar-refractivity contribution >= 4 is 5.69 Å². The summed E-state index contributed by atoms with van der Waals surface area (Å²) in [5, 5.41) is 3.44. The molecule has 1 aliphatic rings. The molecule has 5 heteroatoms. The first kappa shape index (κ1) is 14.9. The second-order valence-electron chi connectivity index (χ2n) is 5.14. The minimum atomic E-state index is 0.812. The van der Waals surface area contributed by atoms with Gasteiger partial charge in [-0.1, -0.05) is 0 Å². The third-order valence-corrected chi connectivity index (χ3v) is 3.75. The van der Waals surface area contributed by atoms with Crippen LogP contribution >= 0.6 is 0 Å². The number of piperazine rings is 1. The van der Waals surface area contributed by atoms with E-state index in [0.29, 0.717) is 0 Å². The lowest BCUT2D eigenvalue weighted by molar-refractivity contribution is 0.158. The summed E-state index contributed by atoms with van der Waals surface area (Å²) in [7, 11) is 5.52. The third-order valence-electron chi connectivity index (χ3n) is 3.75. The Bertz CT molecular complexity index is 418. The fraction of sp³-hybridized carbons (Fsp3) is 0.600. The molecular formula is C15H25N3O2. The molecule has 0 aliphatic carbocycles. The van der Waals surface area contributed by atoms with Crippen LogP contribution in [-0.2, 0) is 0 Å². The van der Waals surface area contributed by atoms with E-state index in [0.717, 1.165) is 56.5 Å². The second-order valence-corrected chi connectivity index (χ2v) is 5.14. The van der Waals surface area contributed by atoms with Gasteiger partial charge in [0, 0.05) is 45.3 Å². The van der Waals surface area contributed by atoms with E-state index >= 15 is 0 Å². The summed E-state index contributed by atoms with van der Waals surface area (Å²) >= 11 is 0. The molecule has 1 N–H and O–H groups in total. The molecule has 0 unspecified atom stereocenters. The van der Waals surface area contributed by atoms with E-state index in [1.807, 2.05) is 18.2 Å². The van der Waals surface area contributed by atoms with Gasteiger partial charge in [0.15, 0.2) is 0 Å². The molecule has 2 rings (SSSR count). The number of methoxy groups -OCH3 is 2. The van der Waals surface area contributed by atoms with Crippen molar-refractivity contribution in [2.24, 2.45) is 0 Å². The summed E-state index contributed by atoms with van der Waals surface area (Å²) in [6.07, 6.45) is 0. The second kappa shape index (κ2) is 7.36. The Kier molecular flexibility index (Phi) is 5.49. The zero-order chi connectivity index (χ0) is 14.4. The maximum absolute atomic E-state index is 5.38. The Morgan fingerprint density at radius 3 is 2.50 bits per heavy atom. The van der Waals surface area contributed by atoms with E-state index in [-0.39, 0.29) is 0 Å². The minimum absolute atomic E-state index is 0.812. The highest BCUT2D eigenvalue weighted by molar-refractivity contribution is 5.59. The fourth-order valence-electron chi connectivity index (χ4n) is 2.36. The first-order valence-electron chi connectivity index (χ1n) is 7.09. The summed E-state index contributed by atoms with van der Waals surface area (Å²) in [6.45, 7) is 6.60. The van der Waals surface area contributed by atoms with Gasteiger partial charge in [0.05, 0.1) is 19.9 Å². The van der Waals surface area contributed by atoms with Crippen LogP contribution in [0.2, 0.25) is 0 Å². The molecule has 112 valence electrons. The average molecular weight is 279 g/mol. The van der Waals surface area contributed by atoms with Gasteiger partial charge in [0.1, 0.15) is 11.5 Å². The van der Waals surface area contributed by atoms with Crippen molar-refractivity contribution in [1.29, 1.82) is 0 Å². The number of rotatable bonds is 6. The maximum Gasteiger partial charge on any atom is 0.145 e. The van der Waals surface area contributed by atoms with Gasteiger partial charge in [-0.15, -0.1) is 0 Å². The Labute approximate surface area is 121 Å². The molecule has 0 aromatic heterocycles. The number of ether oxygens (including phenoxy) is 2. The van der Waals surface area contributed by atoms with Crippen molar-refractivity contribution in [2.75, 3.05) is 65.9 Å². The fourth-order valence-corrected chi connectivity index (χ4v) is 2.36. The average Bonchev–Trinajstić information content (AvgIpc) is 2.49. The van der Waals surface area contributed by atoms with Crippen LogP contribution in [0.4, 0.5) is 5.69 Å². The van der Waals surface area contributed by atoms with Crippen molar-refractivity contribution in [1.82, 2.24) is 9.80 Å². The molecule has 1 aliphatic heterocycles. The predicted octanol–water partition coefficient (Wildman–Crippen LogP) is 1.36. The number of hydrogen-bond acceptors (Lipinski definition) is 5. The molecule has 0 atom stereocenters. The van der Waals surface area contributed by atoms with Crippen molar-refractivity contribution in [2.45, 2.75) is 0 Å². The van der Waals surface area contributed by atoms with E-state index < -0.39 is 0 Å². The topological polar surface area (TPSA) is 37.0 Å². The SMILES string of the molecule is COc1ccc(NCCN2CCN(C)CC2)c(OC)c1. The van der Waals surface area contributed by atoms with E-state index in [1.54, 1.807) is 14.2 Å². The molecule has 0 spiro atoms. The third kappa shape index (κ3) is 4.02. The molecular weight excluding hydrogens is 254 g/mol. The van der Waals surface area contributed by atoms with Crippen LogP contribution in [0.25, 0.3) is 0 Å². The summed E-state index contributed by atoms with van der Waals surface area (Å²) in [5.41, 5.74) is 1.02. The number of nitrogens with zero attached hydrogens (tertiary/aromatic N) is 2. The molecule has 1 fully saturated rings. The largest absolute Gasteiger partial charge is 0.497 e. The van der Waals surface area contributed by atoms with E-state index in [1.165, 1.54) is 0 Å². The number of hydrogen-bond donors (Lipinski definition) is 1. The first-order chi connectivity index (χ1) is 9.72. The van der Waals surface area contributed by atoms with Gasteiger partial charge in [0.2, 0.25) is 0 Å². The Morgan fingerprint density at radius 2 is 1.85 bits per heavy atom. The van der Waals surface area contributed by atoms with Gasteiger partial charge in [0.25, 0.3) is 0 Å². The summed E-state index contributed by atoms with van der Waals surface area (Å²) in [6, 6.07) is 5.85. The van der Waals surface area contributed by atoms with Crippen LogP contribution in [0, 0.1) is 0 Å². The molecule has 1 heterocycles. The summed E-state index contributed by atoms with van der Waals surface area (Å²) in [4.78, 5) is 4.86. The molecule has 1 aromatic carbocycles. The quantitative estimate of drug-likeness (QED) is 0.851. The highest BCUT2D eigenvalue weighted by Crippen LogP contribution is 2.28. The summed E-state index contributed by atoms with van der Waals surface area (Å²) in [5.74, 6) is 1.63. The van der Waals surface area contributed by atoms with E-state index in [2.05, 4.69) is 22.2 Å². The lowest BCUT2D eigenvalue weighted by Gasteiger charge is -2.32. The lowest BCUT2D eigenvalue weighted by Crippen LogP contribution is -2.45. The normalized spacial score (nSPS) is 16.9.